The Hall–Kier alpha value is -3.76. The number of H-pyrrole nitrogens is 1. The fourth-order valence-electron chi connectivity index (χ4n) is 3.61. The molecule has 0 aliphatic rings. The largest absolute Gasteiger partial charge is 0.329 e. The molecule has 0 atom stereocenters. The first-order valence-corrected chi connectivity index (χ1v) is 11.1. The van der Waals surface area contributed by atoms with E-state index in [1.54, 1.807) is 30.7 Å². The molecule has 3 rings (SSSR count). The third kappa shape index (κ3) is 5.54. The zero-order chi connectivity index (χ0) is 24.0. The molecule has 0 unspecified atom stereocenters. The van der Waals surface area contributed by atoms with Crippen LogP contribution in [0.3, 0.4) is 0 Å². The van der Waals surface area contributed by atoms with E-state index in [2.05, 4.69) is 27.4 Å². The Morgan fingerprint density at radius 3 is 2.48 bits per heavy atom. The van der Waals surface area contributed by atoms with Crippen LogP contribution in [-0.2, 0) is 13.6 Å². The van der Waals surface area contributed by atoms with Gasteiger partial charge in [-0.2, -0.15) is 10.1 Å². The number of hydrogen-bond acceptors (Lipinski definition) is 7. The van der Waals surface area contributed by atoms with Gasteiger partial charge < -0.3 is 4.57 Å². The maximum atomic E-state index is 12.6. The molecule has 0 radical (unpaired) electrons. The molecule has 11 nitrogen and oxygen atoms in total. The van der Waals surface area contributed by atoms with E-state index in [1.807, 2.05) is 0 Å². The van der Waals surface area contributed by atoms with Crippen molar-refractivity contribution in [2.24, 2.45) is 12.1 Å². The highest BCUT2D eigenvalue weighted by molar-refractivity contribution is 5.99. The minimum absolute atomic E-state index is 0.000353. The van der Waals surface area contributed by atoms with Crippen molar-refractivity contribution in [3.05, 3.63) is 60.8 Å². The van der Waals surface area contributed by atoms with Gasteiger partial charge in [0, 0.05) is 25.7 Å². The lowest BCUT2D eigenvalue weighted by atomic mass is 10.1. The smallest absolute Gasteiger partial charge is 0.303 e. The van der Waals surface area contributed by atoms with Crippen LogP contribution in [0, 0.1) is 10.1 Å². The van der Waals surface area contributed by atoms with E-state index in [9.17, 15) is 19.7 Å². The summed E-state index contributed by atoms with van der Waals surface area (Å²) in [5, 5.41) is 15.2. The predicted molar refractivity (Wildman–Crippen MR) is 128 cm³/mol. The summed E-state index contributed by atoms with van der Waals surface area (Å²) in [5.41, 5.74) is 3.78. The number of nitro benzene ring substituents is 1. The number of aromatic nitrogens is 4. The number of nitro groups is 1. The van der Waals surface area contributed by atoms with Crippen molar-refractivity contribution in [1.29, 1.82) is 0 Å². The Morgan fingerprint density at radius 1 is 1.15 bits per heavy atom. The van der Waals surface area contributed by atoms with Crippen molar-refractivity contribution < 1.29 is 4.92 Å². The average molecular weight is 456 g/mol. The van der Waals surface area contributed by atoms with Gasteiger partial charge in [-0.15, -0.1) is 0 Å². The van der Waals surface area contributed by atoms with Crippen LogP contribution in [0.4, 0.5) is 11.6 Å². The molecular weight excluding hydrogens is 426 g/mol. The van der Waals surface area contributed by atoms with Gasteiger partial charge in [-0.3, -0.25) is 24.5 Å². The van der Waals surface area contributed by atoms with Gasteiger partial charge in [0.1, 0.15) is 0 Å². The molecule has 11 heteroatoms. The standard InChI is InChI=1S/C22H29N7O4/c1-4-5-6-7-8-9-14-28-18-19(27(3)22(31)24-20(18)30)23-21(28)26-25-15(2)16-10-12-17(13-11-16)29(32)33/h10-13H,4-9,14H2,1-3H3,(H,23,26)(H,24,30,31)/b25-15-. The summed E-state index contributed by atoms with van der Waals surface area (Å²) < 4.78 is 3.05. The molecule has 0 fully saturated rings. The van der Waals surface area contributed by atoms with Gasteiger partial charge in [0.25, 0.3) is 11.2 Å². The summed E-state index contributed by atoms with van der Waals surface area (Å²) in [4.78, 5) is 41.8. The lowest BCUT2D eigenvalue weighted by molar-refractivity contribution is -0.384. The molecule has 3 aromatic rings. The number of aromatic amines is 1. The van der Waals surface area contributed by atoms with Crippen LogP contribution in [0.2, 0.25) is 0 Å². The Kier molecular flexibility index (Phi) is 7.75. The zero-order valence-electron chi connectivity index (χ0n) is 19.1. The molecule has 0 bridgehead atoms. The number of nitrogens with one attached hydrogen (secondary N) is 2. The number of nitrogens with zero attached hydrogens (tertiary/aromatic N) is 5. The lowest BCUT2D eigenvalue weighted by Crippen LogP contribution is -2.29. The van der Waals surface area contributed by atoms with Gasteiger partial charge in [0.15, 0.2) is 11.2 Å². The number of non-ortho nitro benzene ring substituents is 1. The van der Waals surface area contributed by atoms with Gasteiger partial charge in [-0.05, 0) is 31.0 Å². The second-order valence-electron chi connectivity index (χ2n) is 7.96. The van der Waals surface area contributed by atoms with Crippen molar-refractivity contribution in [3.8, 4) is 0 Å². The minimum atomic E-state index is -0.533. The van der Waals surface area contributed by atoms with Crippen LogP contribution in [0.15, 0.2) is 39.0 Å². The maximum absolute atomic E-state index is 12.6. The first-order valence-electron chi connectivity index (χ1n) is 11.1. The highest BCUT2D eigenvalue weighted by Gasteiger charge is 2.17. The molecule has 0 amide bonds. The maximum Gasteiger partial charge on any atom is 0.329 e. The van der Waals surface area contributed by atoms with Crippen LogP contribution in [-0.4, -0.2) is 29.7 Å². The Morgan fingerprint density at radius 2 is 1.82 bits per heavy atom. The van der Waals surface area contributed by atoms with Gasteiger partial charge in [-0.1, -0.05) is 39.0 Å². The molecule has 0 aliphatic carbocycles. The van der Waals surface area contributed by atoms with Crippen LogP contribution in [0.5, 0.6) is 0 Å². The van der Waals surface area contributed by atoms with E-state index < -0.39 is 16.2 Å². The normalized spacial score (nSPS) is 11.8. The van der Waals surface area contributed by atoms with Crippen LogP contribution >= 0.6 is 0 Å². The molecule has 1 aromatic carbocycles. The van der Waals surface area contributed by atoms with E-state index in [4.69, 9.17) is 0 Å². The molecular formula is C22H29N7O4. The second kappa shape index (κ2) is 10.7. The fraction of sp³-hybridized carbons (Fsp3) is 0.455. The number of anilines is 1. The van der Waals surface area contributed by atoms with E-state index in [0.29, 0.717) is 29.3 Å². The summed E-state index contributed by atoms with van der Waals surface area (Å²) in [6.07, 6.45) is 6.57. The fourth-order valence-corrected chi connectivity index (χ4v) is 3.61. The third-order valence-corrected chi connectivity index (χ3v) is 5.56. The number of imidazole rings is 1. The highest BCUT2D eigenvalue weighted by Crippen LogP contribution is 2.18. The van der Waals surface area contributed by atoms with Gasteiger partial charge in [-0.25, -0.2) is 10.2 Å². The molecule has 33 heavy (non-hydrogen) atoms. The van der Waals surface area contributed by atoms with E-state index in [1.165, 1.54) is 36.0 Å². The number of fused-ring (bicyclic) bond motifs is 1. The van der Waals surface area contributed by atoms with Gasteiger partial charge in [0.2, 0.25) is 5.95 Å². The highest BCUT2D eigenvalue weighted by atomic mass is 16.6. The van der Waals surface area contributed by atoms with Crippen LogP contribution < -0.4 is 16.7 Å². The lowest BCUT2D eigenvalue weighted by Gasteiger charge is -2.09. The molecule has 2 aromatic heterocycles. The summed E-state index contributed by atoms with van der Waals surface area (Å²) in [6.45, 7) is 4.49. The second-order valence-corrected chi connectivity index (χ2v) is 7.96. The topological polar surface area (TPSA) is 140 Å². The first-order chi connectivity index (χ1) is 15.8. The van der Waals surface area contributed by atoms with Crippen molar-refractivity contribution >= 4 is 28.5 Å². The number of benzene rings is 1. The number of aryl methyl sites for hydroxylation is 2. The van der Waals surface area contributed by atoms with E-state index in [-0.39, 0.29) is 11.3 Å². The third-order valence-electron chi connectivity index (χ3n) is 5.56. The van der Waals surface area contributed by atoms with Crippen LogP contribution in [0.25, 0.3) is 11.2 Å². The SMILES string of the molecule is CCCCCCCCn1c(N/N=C(/C)c2ccc([N+](=O)[O-])cc2)nc2c1c(=O)[nH]c(=O)n2C. The molecule has 0 spiro atoms. The van der Waals surface area contributed by atoms with E-state index >= 15 is 0 Å². The molecule has 176 valence electrons. The van der Waals surface area contributed by atoms with Crippen molar-refractivity contribution in [1.82, 2.24) is 19.1 Å². The predicted octanol–water partition coefficient (Wildman–Crippen LogP) is 3.53. The summed E-state index contributed by atoms with van der Waals surface area (Å²) in [6, 6.07) is 6.06. The monoisotopic (exact) mass is 455 g/mol. The molecule has 0 saturated carbocycles. The van der Waals surface area contributed by atoms with Crippen LogP contribution in [0.1, 0.15) is 57.9 Å². The quantitative estimate of drug-likeness (QED) is 0.196. The van der Waals surface area contributed by atoms with Crippen molar-refractivity contribution in [3.63, 3.8) is 0 Å². The Labute approximate surface area is 190 Å². The molecule has 2 N–H and O–H groups in total. The number of hydrogen-bond donors (Lipinski definition) is 2. The summed E-state index contributed by atoms with van der Waals surface area (Å²) in [7, 11) is 1.55. The van der Waals surface area contributed by atoms with Gasteiger partial charge in [0.05, 0.1) is 10.6 Å². The first kappa shape index (κ1) is 23.9. The molecule has 0 aliphatic heterocycles. The Balaban J connectivity index is 1.88. The molecule has 0 saturated heterocycles. The van der Waals surface area contributed by atoms with Crippen molar-refractivity contribution in [2.45, 2.75) is 58.9 Å². The van der Waals surface area contributed by atoms with E-state index in [0.717, 1.165) is 19.3 Å². The van der Waals surface area contributed by atoms with Crippen molar-refractivity contribution in [2.75, 3.05) is 5.43 Å². The minimum Gasteiger partial charge on any atom is -0.303 e. The Bertz CT molecular complexity index is 1270. The zero-order valence-corrected chi connectivity index (χ0v) is 19.1. The average Bonchev–Trinajstić information content (AvgIpc) is 3.17. The number of rotatable bonds is 11. The molecule has 2 heterocycles. The summed E-state index contributed by atoms with van der Waals surface area (Å²) in [5.74, 6) is 0.353. The number of hydrazone groups is 1. The van der Waals surface area contributed by atoms with Gasteiger partial charge >= 0.3 is 5.69 Å². The number of unbranched alkanes of at least 4 members (excludes halogenated alkanes) is 5. The summed E-state index contributed by atoms with van der Waals surface area (Å²) >= 11 is 0.